The molecule has 7 nitrogen and oxygen atoms in total. The van der Waals surface area contributed by atoms with E-state index in [0.29, 0.717) is 24.6 Å². The SMILES string of the molecule is O=C(c1ccc(Nc2ccccc2)nn1)N1CCN(c2ccccn2)CC1. The van der Waals surface area contributed by atoms with Crippen molar-refractivity contribution in [1.29, 1.82) is 0 Å². The molecule has 27 heavy (non-hydrogen) atoms. The summed E-state index contributed by atoms with van der Waals surface area (Å²) in [4.78, 5) is 21.0. The third-order valence-corrected chi connectivity index (χ3v) is 4.47. The number of rotatable bonds is 4. The molecule has 1 aliphatic rings. The molecule has 7 heteroatoms. The van der Waals surface area contributed by atoms with E-state index in [1.165, 1.54) is 0 Å². The van der Waals surface area contributed by atoms with E-state index in [2.05, 4.69) is 25.4 Å². The Kier molecular flexibility index (Phi) is 4.91. The number of carbonyl (C=O) groups is 1. The summed E-state index contributed by atoms with van der Waals surface area (Å²) < 4.78 is 0. The fourth-order valence-corrected chi connectivity index (χ4v) is 3.02. The summed E-state index contributed by atoms with van der Waals surface area (Å²) in [7, 11) is 0. The molecule has 0 aliphatic carbocycles. The zero-order valence-corrected chi connectivity index (χ0v) is 14.8. The van der Waals surface area contributed by atoms with Crippen molar-refractivity contribution in [1.82, 2.24) is 20.1 Å². The average Bonchev–Trinajstić information content (AvgIpc) is 2.75. The Morgan fingerprint density at radius 3 is 2.30 bits per heavy atom. The van der Waals surface area contributed by atoms with Crippen LogP contribution in [0.5, 0.6) is 0 Å². The normalized spacial score (nSPS) is 14.1. The summed E-state index contributed by atoms with van der Waals surface area (Å²) in [6.07, 6.45) is 1.79. The topological polar surface area (TPSA) is 74.2 Å². The van der Waals surface area contributed by atoms with E-state index in [1.807, 2.05) is 53.4 Å². The quantitative estimate of drug-likeness (QED) is 0.771. The maximum absolute atomic E-state index is 12.7. The second-order valence-corrected chi connectivity index (χ2v) is 6.26. The maximum atomic E-state index is 12.7. The van der Waals surface area contributed by atoms with Crippen LogP contribution in [0.15, 0.2) is 66.9 Å². The Balaban J connectivity index is 1.36. The van der Waals surface area contributed by atoms with Crippen molar-refractivity contribution in [3.05, 3.63) is 72.6 Å². The lowest BCUT2D eigenvalue weighted by Crippen LogP contribution is -2.49. The minimum absolute atomic E-state index is 0.0885. The molecule has 1 amide bonds. The Morgan fingerprint density at radius 2 is 1.63 bits per heavy atom. The molecule has 0 radical (unpaired) electrons. The van der Waals surface area contributed by atoms with Crippen molar-refractivity contribution < 1.29 is 4.79 Å². The zero-order valence-electron chi connectivity index (χ0n) is 14.8. The van der Waals surface area contributed by atoms with Gasteiger partial charge < -0.3 is 15.1 Å². The molecule has 1 N–H and O–H groups in total. The van der Waals surface area contributed by atoms with Crippen molar-refractivity contribution in [2.24, 2.45) is 0 Å². The summed E-state index contributed by atoms with van der Waals surface area (Å²) in [6.45, 7) is 2.79. The van der Waals surface area contributed by atoms with Gasteiger partial charge in [-0.2, -0.15) is 0 Å². The summed E-state index contributed by atoms with van der Waals surface area (Å²) >= 11 is 0. The van der Waals surface area contributed by atoms with Crippen molar-refractivity contribution >= 4 is 23.2 Å². The largest absolute Gasteiger partial charge is 0.353 e. The standard InChI is InChI=1S/C20H20N6O/c27-20(26-14-12-25(13-15-26)19-8-4-5-11-21-19)17-9-10-18(24-23-17)22-16-6-2-1-3-7-16/h1-11H,12-15H2,(H,22,24). The van der Waals surface area contributed by atoms with Gasteiger partial charge in [0.15, 0.2) is 11.5 Å². The van der Waals surface area contributed by atoms with Crippen LogP contribution < -0.4 is 10.2 Å². The smallest absolute Gasteiger partial charge is 0.274 e. The van der Waals surface area contributed by atoms with Crippen LogP contribution in [0.2, 0.25) is 0 Å². The average molecular weight is 360 g/mol. The lowest BCUT2D eigenvalue weighted by molar-refractivity contribution is 0.0739. The van der Waals surface area contributed by atoms with Gasteiger partial charge in [0.2, 0.25) is 0 Å². The molecule has 1 aromatic carbocycles. The van der Waals surface area contributed by atoms with Crippen LogP contribution in [0.1, 0.15) is 10.5 Å². The number of anilines is 3. The van der Waals surface area contributed by atoms with Crippen LogP contribution >= 0.6 is 0 Å². The van der Waals surface area contributed by atoms with E-state index in [-0.39, 0.29) is 5.91 Å². The van der Waals surface area contributed by atoms with Gasteiger partial charge in [-0.1, -0.05) is 24.3 Å². The van der Waals surface area contributed by atoms with E-state index in [0.717, 1.165) is 24.6 Å². The molecule has 0 spiro atoms. The highest BCUT2D eigenvalue weighted by atomic mass is 16.2. The van der Waals surface area contributed by atoms with Gasteiger partial charge in [-0.15, -0.1) is 10.2 Å². The molecular formula is C20H20N6O. The first kappa shape index (κ1) is 17.0. The molecule has 3 aromatic rings. The highest BCUT2D eigenvalue weighted by Crippen LogP contribution is 2.15. The fraction of sp³-hybridized carbons (Fsp3) is 0.200. The third kappa shape index (κ3) is 4.03. The minimum atomic E-state index is -0.0885. The molecule has 1 fully saturated rings. The van der Waals surface area contributed by atoms with Crippen LogP contribution in [0.25, 0.3) is 0 Å². The van der Waals surface area contributed by atoms with Crippen LogP contribution in [0.3, 0.4) is 0 Å². The first-order chi connectivity index (χ1) is 13.3. The lowest BCUT2D eigenvalue weighted by Gasteiger charge is -2.35. The molecule has 1 aliphatic heterocycles. The Morgan fingerprint density at radius 1 is 0.852 bits per heavy atom. The Labute approximate surface area is 157 Å². The third-order valence-electron chi connectivity index (χ3n) is 4.47. The number of para-hydroxylation sites is 1. The highest BCUT2D eigenvalue weighted by molar-refractivity contribution is 5.92. The van der Waals surface area contributed by atoms with Crippen molar-refractivity contribution in [3.63, 3.8) is 0 Å². The van der Waals surface area contributed by atoms with Gasteiger partial charge in [0, 0.05) is 38.1 Å². The van der Waals surface area contributed by atoms with Gasteiger partial charge in [0.25, 0.3) is 5.91 Å². The van der Waals surface area contributed by atoms with Gasteiger partial charge in [-0.25, -0.2) is 4.98 Å². The number of benzene rings is 1. The minimum Gasteiger partial charge on any atom is -0.353 e. The number of nitrogens with one attached hydrogen (secondary N) is 1. The van der Waals surface area contributed by atoms with Crippen LogP contribution in [-0.4, -0.2) is 52.2 Å². The number of nitrogens with zero attached hydrogens (tertiary/aromatic N) is 5. The van der Waals surface area contributed by atoms with E-state index in [9.17, 15) is 4.79 Å². The summed E-state index contributed by atoms with van der Waals surface area (Å²) in [5, 5.41) is 11.4. The van der Waals surface area contributed by atoms with Gasteiger partial charge in [-0.3, -0.25) is 4.79 Å². The first-order valence-corrected chi connectivity index (χ1v) is 8.91. The van der Waals surface area contributed by atoms with Crippen LogP contribution in [0.4, 0.5) is 17.3 Å². The van der Waals surface area contributed by atoms with Crippen molar-refractivity contribution in [2.45, 2.75) is 0 Å². The van der Waals surface area contributed by atoms with Crippen LogP contribution in [-0.2, 0) is 0 Å². The van der Waals surface area contributed by atoms with Gasteiger partial charge in [0.1, 0.15) is 5.82 Å². The van der Waals surface area contributed by atoms with Gasteiger partial charge in [0.05, 0.1) is 0 Å². The predicted octanol–water partition coefficient (Wildman–Crippen LogP) is 2.58. The number of hydrogen-bond acceptors (Lipinski definition) is 6. The monoisotopic (exact) mass is 360 g/mol. The van der Waals surface area contributed by atoms with Gasteiger partial charge >= 0.3 is 0 Å². The summed E-state index contributed by atoms with van der Waals surface area (Å²) in [5.41, 5.74) is 1.29. The molecule has 0 unspecified atom stereocenters. The molecule has 0 atom stereocenters. The maximum Gasteiger partial charge on any atom is 0.274 e. The Hall–Kier alpha value is -3.48. The second-order valence-electron chi connectivity index (χ2n) is 6.26. The highest BCUT2D eigenvalue weighted by Gasteiger charge is 2.23. The van der Waals surface area contributed by atoms with E-state index in [4.69, 9.17) is 0 Å². The number of hydrogen-bond donors (Lipinski definition) is 1. The summed E-state index contributed by atoms with van der Waals surface area (Å²) in [5.74, 6) is 1.47. The molecule has 1 saturated heterocycles. The van der Waals surface area contributed by atoms with E-state index >= 15 is 0 Å². The molecule has 4 rings (SSSR count). The number of carbonyl (C=O) groups excluding carboxylic acids is 1. The van der Waals surface area contributed by atoms with Crippen molar-refractivity contribution in [2.75, 3.05) is 36.4 Å². The predicted molar refractivity (Wildman–Crippen MR) is 104 cm³/mol. The van der Waals surface area contributed by atoms with Crippen LogP contribution in [0, 0.1) is 0 Å². The fourth-order valence-electron chi connectivity index (χ4n) is 3.02. The lowest BCUT2D eigenvalue weighted by atomic mass is 10.2. The van der Waals surface area contributed by atoms with E-state index in [1.54, 1.807) is 18.3 Å². The first-order valence-electron chi connectivity index (χ1n) is 8.91. The zero-order chi connectivity index (χ0) is 18.5. The van der Waals surface area contributed by atoms with Gasteiger partial charge in [-0.05, 0) is 36.4 Å². The number of aromatic nitrogens is 3. The molecule has 0 saturated carbocycles. The second kappa shape index (κ2) is 7.82. The number of piperazine rings is 1. The number of pyridine rings is 1. The summed E-state index contributed by atoms with van der Waals surface area (Å²) in [6, 6.07) is 19.1. The van der Waals surface area contributed by atoms with Crippen molar-refractivity contribution in [3.8, 4) is 0 Å². The molecule has 136 valence electrons. The number of amides is 1. The Bertz CT molecular complexity index is 877. The molecule has 2 aromatic heterocycles. The molecular weight excluding hydrogens is 340 g/mol. The van der Waals surface area contributed by atoms with E-state index < -0.39 is 0 Å². The molecule has 3 heterocycles. The molecule has 0 bridgehead atoms.